The van der Waals surface area contributed by atoms with Crippen LogP contribution in [0.1, 0.15) is 34.9 Å². The molecule has 5 rings (SSSR count). The Morgan fingerprint density at radius 3 is 1.98 bits per heavy atom. The number of aliphatic hydroxyl groups is 1. The molecule has 0 bridgehead atoms. The smallest absolute Gasteiger partial charge is 0.352 e. The van der Waals surface area contributed by atoms with Crippen LogP contribution in [0.2, 0.25) is 0 Å². The van der Waals surface area contributed by atoms with E-state index in [9.17, 15) is 9.90 Å². The third kappa shape index (κ3) is 5.56. The number of nitrogens with zero attached hydrogens (tertiary/aromatic N) is 2. The van der Waals surface area contributed by atoms with Crippen LogP contribution in [0.25, 0.3) is 0 Å². The van der Waals surface area contributed by atoms with Crippen molar-refractivity contribution in [3.8, 4) is 17.4 Å². The number of benzene rings is 3. The fourth-order valence-electron chi connectivity index (χ4n) is 5.28. The molecule has 0 amide bonds. The molecule has 3 atom stereocenters. The van der Waals surface area contributed by atoms with Crippen molar-refractivity contribution in [3.63, 3.8) is 0 Å². The molecule has 1 aliphatic rings. The van der Waals surface area contributed by atoms with Crippen LogP contribution in [0.3, 0.4) is 0 Å². The summed E-state index contributed by atoms with van der Waals surface area (Å²) in [5, 5.41) is 11.0. The van der Waals surface area contributed by atoms with Gasteiger partial charge in [0, 0.05) is 18.2 Å². The zero-order chi connectivity index (χ0) is 29.0. The third-order valence-corrected chi connectivity index (χ3v) is 7.43. The summed E-state index contributed by atoms with van der Waals surface area (Å²) in [6.07, 6.45) is -0.414. The first kappa shape index (κ1) is 28.4. The van der Waals surface area contributed by atoms with Gasteiger partial charge in [0.25, 0.3) is 0 Å². The maximum atomic E-state index is 12.7. The van der Waals surface area contributed by atoms with Gasteiger partial charge in [-0.25, -0.2) is 4.79 Å². The van der Waals surface area contributed by atoms with Crippen molar-refractivity contribution < 1.29 is 28.8 Å². The van der Waals surface area contributed by atoms with Gasteiger partial charge in [-0.1, -0.05) is 54.6 Å². The second-order valence-electron chi connectivity index (χ2n) is 9.87. The van der Waals surface area contributed by atoms with Gasteiger partial charge in [-0.15, -0.1) is 0 Å². The Balaban J connectivity index is 1.52. The molecular formula is C32H34N2O7. The lowest BCUT2D eigenvalue weighted by atomic mass is 9.80. The SMILES string of the molecule is COc1ccc(C(OC[C@H]2O[C@@H](n3cc(C)c(OC)nc3=O)C[C@@H]2O)(c2ccccc2)c2ccc(OC)cc2)cc1. The minimum atomic E-state index is -1.06. The number of aryl methyl sites for hydroxylation is 1. The number of aliphatic hydroxyl groups excluding tert-OH is 1. The highest BCUT2D eigenvalue weighted by Crippen LogP contribution is 2.42. The van der Waals surface area contributed by atoms with Crippen molar-refractivity contribution >= 4 is 0 Å². The normalized spacial score (nSPS) is 18.7. The molecule has 1 saturated heterocycles. The highest BCUT2D eigenvalue weighted by atomic mass is 16.6. The predicted molar refractivity (Wildman–Crippen MR) is 153 cm³/mol. The molecule has 0 radical (unpaired) electrons. The average Bonchev–Trinajstić information content (AvgIpc) is 3.39. The molecule has 1 fully saturated rings. The largest absolute Gasteiger partial charge is 0.497 e. The number of hydrogen-bond acceptors (Lipinski definition) is 8. The number of aromatic nitrogens is 2. The van der Waals surface area contributed by atoms with Gasteiger partial charge >= 0.3 is 5.69 Å². The molecule has 3 aromatic carbocycles. The summed E-state index contributed by atoms with van der Waals surface area (Å²) in [6, 6.07) is 25.3. The van der Waals surface area contributed by atoms with E-state index in [0.717, 1.165) is 28.2 Å². The van der Waals surface area contributed by atoms with E-state index in [1.54, 1.807) is 27.3 Å². The van der Waals surface area contributed by atoms with Gasteiger partial charge in [-0.3, -0.25) is 4.57 Å². The van der Waals surface area contributed by atoms with Crippen molar-refractivity contribution in [3.05, 3.63) is 118 Å². The Labute approximate surface area is 238 Å². The Morgan fingerprint density at radius 2 is 1.44 bits per heavy atom. The van der Waals surface area contributed by atoms with E-state index in [4.69, 9.17) is 23.7 Å². The van der Waals surface area contributed by atoms with Crippen molar-refractivity contribution in [1.82, 2.24) is 9.55 Å². The van der Waals surface area contributed by atoms with Crippen LogP contribution in [0.5, 0.6) is 17.4 Å². The van der Waals surface area contributed by atoms with Gasteiger partial charge < -0.3 is 28.8 Å². The van der Waals surface area contributed by atoms with Crippen molar-refractivity contribution in [2.24, 2.45) is 0 Å². The van der Waals surface area contributed by atoms with Gasteiger partial charge in [0.15, 0.2) is 0 Å². The van der Waals surface area contributed by atoms with Crippen LogP contribution in [0, 0.1) is 6.92 Å². The molecule has 1 aromatic heterocycles. The van der Waals surface area contributed by atoms with Gasteiger partial charge in [0.05, 0.1) is 34.0 Å². The molecule has 214 valence electrons. The summed E-state index contributed by atoms with van der Waals surface area (Å²) in [6.45, 7) is 1.84. The molecule has 0 unspecified atom stereocenters. The Hall–Kier alpha value is -4.18. The number of hydrogen-bond donors (Lipinski definition) is 1. The van der Waals surface area contributed by atoms with Gasteiger partial charge in [-0.05, 0) is 47.9 Å². The van der Waals surface area contributed by atoms with Crippen molar-refractivity contribution in [2.45, 2.75) is 37.4 Å². The first-order chi connectivity index (χ1) is 19.9. The van der Waals surface area contributed by atoms with Crippen LogP contribution >= 0.6 is 0 Å². The second kappa shape index (κ2) is 12.1. The van der Waals surface area contributed by atoms with Gasteiger partial charge in [0.1, 0.15) is 29.4 Å². The number of rotatable bonds is 10. The summed E-state index contributed by atoms with van der Waals surface area (Å²) in [5.74, 6) is 1.70. The second-order valence-corrected chi connectivity index (χ2v) is 9.87. The Morgan fingerprint density at radius 1 is 0.878 bits per heavy atom. The molecule has 4 aromatic rings. The maximum Gasteiger partial charge on any atom is 0.352 e. The third-order valence-electron chi connectivity index (χ3n) is 7.43. The van der Waals surface area contributed by atoms with E-state index in [2.05, 4.69) is 4.98 Å². The van der Waals surface area contributed by atoms with Crippen LogP contribution in [-0.4, -0.2) is 54.8 Å². The van der Waals surface area contributed by atoms with Gasteiger partial charge in [0.2, 0.25) is 5.88 Å². The van der Waals surface area contributed by atoms with Crippen LogP contribution < -0.4 is 19.9 Å². The number of methoxy groups -OCH3 is 3. The fourth-order valence-corrected chi connectivity index (χ4v) is 5.28. The summed E-state index contributed by atoms with van der Waals surface area (Å²) >= 11 is 0. The molecule has 41 heavy (non-hydrogen) atoms. The van der Waals surface area contributed by atoms with Crippen LogP contribution in [-0.2, 0) is 15.1 Å². The lowest BCUT2D eigenvalue weighted by Gasteiger charge is -2.37. The van der Waals surface area contributed by atoms with Gasteiger partial charge in [-0.2, -0.15) is 4.98 Å². The summed E-state index contributed by atoms with van der Waals surface area (Å²) in [4.78, 5) is 16.7. The topological polar surface area (TPSA) is 101 Å². The van der Waals surface area contributed by atoms with Crippen LogP contribution in [0.4, 0.5) is 0 Å². The van der Waals surface area contributed by atoms with Crippen molar-refractivity contribution in [1.29, 1.82) is 0 Å². The minimum Gasteiger partial charge on any atom is -0.497 e. The number of ether oxygens (including phenoxy) is 5. The zero-order valence-electron chi connectivity index (χ0n) is 23.5. The van der Waals surface area contributed by atoms with Crippen molar-refractivity contribution in [2.75, 3.05) is 27.9 Å². The van der Waals surface area contributed by atoms with E-state index in [0.29, 0.717) is 5.56 Å². The van der Waals surface area contributed by atoms with E-state index in [1.165, 1.54) is 11.7 Å². The van der Waals surface area contributed by atoms with E-state index < -0.39 is 29.7 Å². The minimum absolute atomic E-state index is 0.0436. The molecule has 9 heteroatoms. The molecule has 2 heterocycles. The Bertz CT molecular complexity index is 1460. The molecule has 0 saturated carbocycles. The molecule has 1 N–H and O–H groups in total. The summed E-state index contributed by atoms with van der Waals surface area (Å²) in [7, 11) is 4.71. The molecular weight excluding hydrogens is 524 g/mol. The standard InChI is InChI=1S/C32H34N2O7/c1-21-19-34(31(36)33-30(21)39-4)29-18-27(35)28(41-29)20-40-32(22-8-6-5-7-9-22,23-10-14-25(37-2)15-11-23)24-12-16-26(38-3)17-13-24/h5-17,19,27-29,35H,18,20H2,1-4H3/t27-,28+,29+/m0/s1. The highest BCUT2D eigenvalue weighted by molar-refractivity contribution is 5.49. The Kier molecular flexibility index (Phi) is 8.39. The quantitative estimate of drug-likeness (QED) is 0.289. The first-order valence-electron chi connectivity index (χ1n) is 13.4. The maximum absolute atomic E-state index is 12.7. The summed E-state index contributed by atoms with van der Waals surface area (Å²) in [5.41, 5.74) is 1.74. The lowest BCUT2D eigenvalue weighted by Crippen LogP contribution is -2.38. The fraction of sp³-hybridized carbons (Fsp3) is 0.312. The molecule has 1 aliphatic heterocycles. The molecule has 0 aliphatic carbocycles. The van der Waals surface area contributed by atoms with E-state index in [1.807, 2.05) is 78.9 Å². The molecule has 0 spiro atoms. The van der Waals surface area contributed by atoms with E-state index in [-0.39, 0.29) is 18.9 Å². The monoisotopic (exact) mass is 558 g/mol. The zero-order valence-corrected chi connectivity index (χ0v) is 23.5. The van der Waals surface area contributed by atoms with E-state index >= 15 is 0 Å². The molecule has 9 nitrogen and oxygen atoms in total. The lowest BCUT2D eigenvalue weighted by molar-refractivity contribution is -0.0944. The predicted octanol–water partition coefficient (Wildman–Crippen LogP) is 4.23. The average molecular weight is 559 g/mol. The summed E-state index contributed by atoms with van der Waals surface area (Å²) < 4.78 is 30.5. The first-order valence-corrected chi connectivity index (χ1v) is 13.4. The highest BCUT2D eigenvalue weighted by Gasteiger charge is 2.42. The van der Waals surface area contributed by atoms with Crippen LogP contribution in [0.15, 0.2) is 89.9 Å².